The standard InChI is InChI=1S/C33H35FN4O6/c1-18-21(20-12-26(34)24(30(13-20)43-5)14-35-28-16-44-17-29(28)39)8-6-9-22(18)23-10-7-11-27(19(23)2)36-31(40)25-15-37(3)33(42)38(4)32(25)41/h6-13,15,28-29,35,39H,14,16-17H2,1-5H3,(H,36,40)/t28-,29-/m1/s1. The fourth-order valence-corrected chi connectivity index (χ4v) is 5.55. The lowest BCUT2D eigenvalue weighted by molar-refractivity contribution is 0.102. The number of aromatic nitrogens is 2. The number of halogens is 1. The lowest BCUT2D eigenvalue weighted by atomic mass is 9.90. The Balaban J connectivity index is 1.46. The minimum Gasteiger partial charge on any atom is -0.496 e. The maximum atomic E-state index is 15.5. The molecule has 10 nitrogen and oxygen atoms in total. The van der Waals surface area contributed by atoms with Crippen LogP contribution in [0.1, 0.15) is 27.0 Å². The molecule has 0 aliphatic carbocycles. The molecule has 0 bridgehead atoms. The number of benzene rings is 3. The molecule has 0 radical (unpaired) electrons. The largest absolute Gasteiger partial charge is 0.496 e. The quantitative estimate of drug-likeness (QED) is 0.283. The van der Waals surface area contributed by atoms with Crippen molar-refractivity contribution in [3.05, 3.63) is 104 Å². The highest BCUT2D eigenvalue weighted by Gasteiger charge is 2.26. The van der Waals surface area contributed by atoms with Gasteiger partial charge in [0.2, 0.25) is 0 Å². The van der Waals surface area contributed by atoms with Gasteiger partial charge in [0.05, 0.1) is 32.5 Å². The van der Waals surface area contributed by atoms with Crippen LogP contribution in [0, 0.1) is 19.7 Å². The summed E-state index contributed by atoms with van der Waals surface area (Å²) in [6, 6.07) is 14.2. The lowest BCUT2D eigenvalue weighted by Gasteiger charge is -2.19. The molecular weight excluding hydrogens is 567 g/mol. The first-order chi connectivity index (χ1) is 21.0. The highest BCUT2D eigenvalue weighted by atomic mass is 19.1. The number of anilines is 1. The normalized spacial score (nSPS) is 16.2. The molecule has 4 aromatic rings. The van der Waals surface area contributed by atoms with E-state index in [0.29, 0.717) is 29.2 Å². The molecule has 3 N–H and O–H groups in total. The van der Waals surface area contributed by atoms with Gasteiger partial charge < -0.3 is 29.8 Å². The van der Waals surface area contributed by atoms with Crippen molar-refractivity contribution in [2.24, 2.45) is 14.1 Å². The third-order valence-corrected chi connectivity index (χ3v) is 8.17. The van der Waals surface area contributed by atoms with Crippen LogP contribution in [0.4, 0.5) is 10.1 Å². The molecule has 1 aliphatic rings. The van der Waals surface area contributed by atoms with Crippen LogP contribution in [-0.4, -0.2) is 52.6 Å². The predicted octanol–water partition coefficient (Wildman–Crippen LogP) is 3.28. The molecule has 1 aliphatic heterocycles. The van der Waals surface area contributed by atoms with Crippen LogP contribution >= 0.6 is 0 Å². The second-order valence-corrected chi connectivity index (χ2v) is 10.9. The van der Waals surface area contributed by atoms with Crippen molar-refractivity contribution in [2.75, 3.05) is 25.6 Å². The molecule has 5 rings (SSSR count). The lowest BCUT2D eigenvalue weighted by Crippen LogP contribution is -2.40. The smallest absolute Gasteiger partial charge is 0.330 e. The van der Waals surface area contributed by atoms with Crippen molar-refractivity contribution in [3.8, 4) is 28.0 Å². The summed E-state index contributed by atoms with van der Waals surface area (Å²) in [5.41, 5.74) is 4.35. The molecule has 230 valence electrons. The zero-order chi connectivity index (χ0) is 31.7. The number of aliphatic hydroxyl groups is 1. The summed E-state index contributed by atoms with van der Waals surface area (Å²) >= 11 is 0. The number of nitrogens with zero attached hydrogens (tertiary/aromatic N) is 2. The van der Waals surface area contributed by atoms with E-state index in [2.05, 4.69) is 10.6 Å². The number of aliphatic hydroxyl groups excluding tert-OH is 1. The predicted molar refractivity (Wildman–Crippen MR) is 166 cm³/mol. The molecule has 0 spiro atoms. The van der Waals surface area contributed by atoms with Crippen LogP contribution in [0.3, 0.4) is 0 Å². The summed E-state index contributed by atoms with van der Waals surface area (Å²) in [6.45, 7) is 4.58. The van der Waals surface area contributed by atoms with Crippen LogP contribution in [0.2, 0.25) is 0 Å². The van der Waals surface area contributed by atoms with Gasteiger partial charge in [0.1, 0.15) is 17.1 Å². The van der Waals surface area contributed by atoms with Gasteiger partial charge in [0, 0.05) is 38.1 Å². The molecule has 1 fully saturated rings. The van der Waals surface area contributed by atoms with E-state index in [1.54, 1.807) is 18.2 Å². The molecule has 2 heterocycles. The Kier molecular flexibility index (Phi) is 8.82. The molecule has 0 saturated carbocycles. The second kappa shape index (κ2) is 12.6. The minimum atomic E-state index is -0.683. The monoisotopic (exact) mass is 602 g/mol. The summed E-state index contributed by atoms with van der Waals surface area (Å²) in [7, 11) is 4.29. The molecule has 1 saturated heterocycles. The van der Waals surface area contributed by atoms with Gasteiger partial charge in [-0.3, -0.25) is 14.2 Å². The van der Waals surface area contributed by atoms with E-state index in [4.69, 9.17) is 9.47 Å². The number of methoxy groups -OCH3 is 1. The number of amides is 1. The van der Waals surface area contributed by atoms with Crippen LogP contribution in [-0.2, 0) is 25.4 Å². The van der Waals surface area contributed by atoms with E-state index in [9.17, 15) is 19.5 Å². The van der Waals surface area contributed by atoms with Crippen molar-refractivity contribution >= 4 is 11.6 Å². The maximum absolute atomic E-state index is 15.5. The topological polar surface area (TPSA) is 124 Å². The van der Waals surface area contributed by atoms with Crippen LogP contribution in [0.15, 0.2) is 64.3 Å². The number of ether oxygens (including phenoxy) is 2. The maximum Gasteiger partial charge on any atom is 0.330 e. The Bertz CT molecular complexity index is 1860. The van der Waals surface area contributed by atoms with Gasteiger partial charge in [0.15, 0.2) is 0 Å². The zero-order valence-electron chi connectivity index (χ0n) is 25.2. The molecule has 3 aromatic carbocycles. The average Bonchev–Trinajstić information content (AvgIpc) is 3.42. The van der Waals surface area contributed by atoms with Crippen molar-refractivity contribution in [1.82, 2.24) is 14.5 Å². The van der Waals surface area contributed by atoms with Crippen LogP contribution in [0.5, 0.6) is 5.75 Å². The average molecular weight is 603 g/mol. The molecule has 44 heavy (non-hydrogen) atoms. The van der Waals surface area contributed by atoms with Gasteiger partial charge in [-0.2, -0.15) is 0 Å². The third kappa shape index (κ3) is 5.81. The van der Waals surface area contributed by atoms with E-state index >= 15 is 4.39 Å². The van der Waals surface area contributed by atoms with Gasteiger partial charge in [-0.15, -0.1) is 0 Å². The van der Waals surface area contributed by atoms with Crippen molar-refractivity contribution < 1.29 is 23.8 Å². The molecule has 1 amide bonds. The van der Waals surface area contributed by atoms with Crippen molar-refractivity contribution in [3.63, 3.8) is 0 Å². The number of nitrogens with one attached hydrogen (secondary N) is 2. The Morgan fingerprint density at radius 1 is 1.05 bits per heavy atom. The summed E-state index contributed by atoms with van der Waals surface area (Å²) in [5.74, 6) is -0.675. The number of rotatable bonds is 8. The molecule has 11 heteroatoms. The number of carbonyl (C=O) groups excluding carboxylic acids is 1. The molecule has 1 aromatic heterocycles. The Hall–Kier alpha value is -4.58. The first kappa shape index (κ1) is 30.9. The second-order valence-electron chi connectivity index (χ2n) is 10.9. The number of hydrogen-bond donors (Lipinski definition) is 3. The van der Waals surface area contributed by atoms with Gasteiger partial charge in [0.25, 0.3) is 11.5 Å². The van der Waals surface area contributed by atoms with Gasteiger partial charge in [-0.1, -0.05) is 30.3 Å². The SMILES string of the molecule is COc1cc(-c2cccc(-c3cccc(NC(=O)c4cn(C)c(=O)n(C)c4=O)c3C)c2C)cc(F)c1CN[C@@H]1COC[C@H]1O. The number of aryl methyl sites for hydroxylation is 1. The van der Waals surface area contributed by atoms with E-state index in [1.165, 1.54) is 38.0 Å². The van der Waals surface area contributed by atoms with E-state index in [-0.39, 0.29) is 24.8 Å². The molecule has 2 atom stereocenters. The van der Waals surface area contributed by atoms with E-state index < -0.39 is 29.1 Å². The first-order valence-electron chi connectivity index (χ1n) is 14.1. The van der Waals surface area contributed by atoms with Crippen LogP contribution < -0.4 is 26.6 Å². The Labute approximate surface area is 253 Å². The summed E-state index contributed by atoms with van der Waals surface area (Å²) in [4.78, 5) is 37.8. The summed E-state index contributed by atoms with van der Waals surface area (Å²) in [5, 5.41) is 16.0. The van der Waals surface area contributed by atoms with E-state index in [0.717, 1.165) is 32.4 Å². The Morgan fingerprint density at radius 3 is 2.41 bits per heavy atom. The molecular formula is C33H35FN4O6. The first-order valence-corrected chi connectivity index (χ1v) is 14.1. The third-order valence-electron chi connectivity index (χ3n) is 8.17. The van der Waals surface area contributed by atoms with E-state index in [1.807, 2.05) is 38.1 Å². The number of carbonyl (C=O) groups is 1. The highest BCUT2D eigenvalue weighted by Crippen LogP contribution is 2.37. The van der Waals surface area contributed by atoms with Gasteiger partial charge in [-0.25, -0.2) is 9.18 Å². The fraction of sp³-hybridized carbons (Fsp3) is 0.303. The van der Waals surface area contributed by atoms with Crippen molar-refractivity contribution in [1.29, 1.82) is 0 Å². The summed E-state index contributed by atoms with van der Waals surface area (Å²) in [6.07, 6.45) is 0.582. The highest BCUT2D eigenvalue weighted by molar-refractivity contribution is 6.04. The zero-order valence-corrected chi connectivity index (χ0v) is 25.2. The van der Waals surface area contributed by atoms with Gasteiger partial charge in [-0.05, 0) is 65.4 Å². The Morgan fingerprint density at radius 2 is 1.73 bits per heavy atom. The van der Waals surface area contributed by atoms with Crippen molar-refractivity contribution in [2.45, 2.75) is 32.5 Å². The fourth-order valence-electron chi connectivity index (χ4n) is 5.55. The van der Waals surface area contributed by atoms with Crippen LogP contribution in [0.25, 0.3) is 22.3 Å². The van der Waals surface area contributed by atoms with Gasteiger partial charge >= 0.3 is 5.69 Å². The molecule has 0 unspecified atom stereocenters. The minimum absolute atomic E-state index is 0.153. The summed E-state index contributed by atoms with van der Waals surface area (Å²) < 4.78 is 28.4. The number of hydrogen-bond acceptors (Lipinski definition) is 7.